The van der Waals surface area contributed by atoms with E-state index in [2.05, 4.69) is 98.0 Å². The van der Waals surface area contributed by atoms with Crippen molar-refractivity contribution in [2.45, 2.75) is 57.5 Å². The lowest BCUT2D eigenvalue weighted by atomic mass is 10.0. The third kappa shape index (κ3) is 8.49. The predicted octanol–water partition coefficient (Wildman–Crippen LogP) is 10.5. The number of anilines is 2. The first-order valence-electron chi connectivity index (χ1n) is 18.2. The predicted molar refractivity (Wildman–Crippen MR) is 220 cm³/mol. The quantitative estimate of drug-likeness (QED) is 0.0775. The van der Waals surface area contributed by atoms with Crippen molar-refractivity contribution in [2.75, 3.05) is 25.5 Å². The van der Waals surface area contributed by atoms with Gasteiger partial charge < -0.3 is 25.1 Å². The molecule has 0 saturated carbocycles. The summed E-state index contributed by atoms with van der Waals surface area (Å²) in [6, 6.07) is 43.2. The van der Waals surface area contributed by atoms with Crippen LogP contribution in [-0.4, -0.2) is 33.3 Å². The van der Waals surface area contributed by atoms with E-state index in [9.17, 15) is 4.79 Å². The fraction of sp³-hybridized carbons (Fsp3) is 0.267. The molecule has 0 aliphatic carbocycles. The van der Waals surface area contributed by atoms with Gasteiger partial charge in [-0.25, -0.2) is 0 Å². The van der Waals surface area contributed by atoms with Gasteiger partial charge >= 0.3 is 0 Å². The second-order valence-corrected chi connectivity index (χ2v) is 20.8. The summed E-state index contributed by atoms with van der Waals surface area (Å²) in [6.07, 6.45) is 0.922. The maximum Gasteiger partial charge on any atom is 0.248 e. The van der Waals surface area contributed by atoms with Gasteiger partial charge in [0.25, 0.3) is 0 Å². The molecule has 0 radical (unpaired) electrons. The van der Waals surface area contributed by atoms with Crippen LogP contribution >= 0.6 is 0 Å². The van der Waals surface area contributed by atoms with Gasteiger partial charge in [-0.2, -0.15) is 0 Å². The second-order valence-electron chi connectivity index (χ2n) is 15.1. The number of pyridine rings is 1. The first-order chi connectivity index (χ1) is 25.0. The molecule has 6 nitrogen and oxygen atoms in total. The minimum absolute atomic E-state index is 0.127. The summed E-state index contributed by atoms with van der Waals surface area (Å²) < 4.78 is 11.9. The van der Waals surface area contributed by atoms with Crippen molar-refractivity contribution in [3.05, 3.63) is 154 Å². The molecule has 0 aliphatic rings. The number of nitrogens with one attached hydrogen (secondary N) is 3. The van der Waals surface area contributed by atoms with Gasteiger partial charge in [0.1, 0.15) is 18.1 Å². The molecule has 5 aromatic carbocycles. The molecule has 0 bridgehead atoms. The summed E-state index contributed by atoms with van der Waals surface area (Å²) in [6.45, 7) is 14.3. The van der Waals surface area contributed by atoms with Crippen LogP contribution in [0.5, 0.6) is 11.5 Å². The molecule has 0 fully saturated rings. The largest absolute Gasteiger partial charge is 0.496 e. The minimum Gasteiger partial charge on any atom is -0.496 e. The molecule has 268 valence electrons. The van der Waals surface area contributed by atoms with E-state index in [1.54, 1.807) is 13.2 Å². The van der Waals surface area contributed by atoms with E-state index in [-0.39, 0.29) is 10.6 Å². The molecule has 6 aromatic rings. The summed E-state index contributed by atoms with van der Waals surface area (Å²) in [5, 5.41) is 8.61. The molecule has 6 rings (SSSR count). The summed E-state index contributed by atoms with van der Waals surface area (Å²) in [7, 11) is -0.202. The van der Waals surface area contributed by atoms with Crippen LogP contribution in [0.15, 0.2) is 132 Å². The summed E-state index contributed by atoms with van der Waals surface area (Å²) in [5.41, 5.74) is 8.81. The van der Waals surface area contributed by atoms with Crippen LogP contribution in [-0.2, 0) is 13.0 Å². The van der Waals surface area contributed by atoms with Crippen molar-refractivity contribution in [1.82, 2.24) is 10.3 Å². The van der Waals surface area contributed by atoms with Gasteiger partial charge in [-0.3, -0.25) is 4.79 Å². The standard InChI is InChI=1S/C45H51N3O3Si/c1-45(2,3)52(5,6)42(37-22-25-41(44-38(37)23-26-43(49)48-44)51-31-33-13-9-7-10-14-33)30-46-28-27-32-17-19-35(20-18-32)47-36-21-24-40(50-4)39(29-36)34-15-11-8-12-16-34/h7-26,29,42,46-47H,27-28,30-31H2,1-6H3,(H,48,49)/t42-/m0/s1. The molecule has 0 amide bonds. The number of benzene rings is 5. The Morgan fingerprint density at radius 1 is 0.750 bits per heavy atom. The number of H-pyrrole nitrogens is 1. The maximum atomic E-state index is 12.6. The van der Waals surface area contributed by atoms with Crippen LogP contribution in [0.2, 0.25) is 18.1 Å². The normalized spacial score (nSPS) is 12.4. The SMILES string of the molecule is COc1ccc(Nc2ccc(CCNC[C@@H](c3ccc(OCc4ccccc4)c4[nH]c(=O)ccc34)[Si](C)(C)C(C)(C)C)cc2)cc1-c1ccccc1. The van der Waals surface area contributed by atoms with E-state index in [1.807, 2.05) is 72.8 Å². The Hall–Kier alpha value is -5.11. The Kier molecular flexibility index (Phi) is 11.3. The molecule has 0 unspecified atom stereocenters. The second kappa shape index (κ2) is 16.1. The van der Waals surface area contributed by atoms with Gasteiger partial charge in [0.05, 0.1) is 20.7 Å². The highest BCUT2D eigenvalue weighted by atomic mass is 28.3. The smallest absolute Gasteiger partial charge is 0.248 e. The first-order valence-corrected chi connectivity index (χ1v) is 21.2. The van der Waals surface area contributed by atoms with E-state index < -0.39 is 8.07 Å². The Morgan fingerprint density at radius 2 is 1.42 bits per heavy atom. The molecular weight excluding hydrogens is 659 g/mol. The summed E-state index contributed by atoms with van der Waals surface area (Å²) >= 11 is 0. The average molecular weight is 710 g/mol. The van der Waals surface area contributed by atoms with Crippen LogP contribution in [0.25, 0.3) is 22.0 Å². The molecule has 1 aromatic heterocycles. The molecule has 1 heterocycles. The van der Waals surface area contributed by atoms with Gasteiger partial charge in [-0.15, -0.1) is 0 Å². The lowest BCUT2D eigenvalue weighted by Gasteiger charge is -2.44. The lowest BCUT2D eigenvalue weighted by Crippen LogP contribution is -2.48. The molecule has 52 heavy (non-hydrogen) atoms. The van der Waals surface area contributed by atoms with Crippen molar-refractivity contribution < 1.29 is 9.47 Å². The van der Waals surface area contributed by atoms with Crippen LogP contribution in [0.1, 0.15) is 43.0 Å². The summed E-state index contributed by atoms with van der Waals surface area (Å²) in [5.74, 6) is 1.55. The number of aromatic nitrogens is 1. The fourth-order valence-electron chi connectivity index (χ4n) is 6.71. The van der Waals surface area contributed by atoms with E-state index >= 15 is 0 Å². The van der Waals surface area contributed by atoms with Crippen LogP contribution in [0.3, 0.4) is 0 Å². The highest BCUT2D eigenvalue weighted by molar-refractivity contribution is 6.81. The van der Waals surface area contributed by atoms with Gasteiger partial charge in [0.15, 0.2) is 0 Å². The van der Waals surface area contributed by atoms with Crippen molar-refractivity contribution >= 4 is 30.4 Å². The molecular formula is C45H51N3O3Si. The first kappa shape index (κ1) is 36.7. The zero-order valence-corrected chi connectivity index (χ0v) is 32.3. The van der Waals surface area contributed by atoms with E-state index in [1.165, 1.54) is 11.1 Å². The van der Waals surface area contributed by atoms with Crippen LogP contribution in [0.4, 0.5) is 11.4 Å². The average Bonchev–Trinajstić information content (AvgIpc) is 3.15. The number of hydrogen-bond donors (Lipinski definition) is 3. The van der Waals surface area contributed by atoms with E-state index in [0.717, 1.165) is 64.2 Å². The highest BCUT2D eigenvalue weighted by Gasteiger charge is 2.43. The fourth-order valence-corrected chi connectivity index (χ4v) is 9.44. The third-order valence-electron chi connectivity index (χ3n) is 10.8. The number of ether oxygens (including phenoxy) is 2. The van der Waals surface area contributed by atoms with Crippen molar-refractivity contribution in [2.24, 2.45) is 0 Å². The van der Waals surface area contributed by atoms with Crippen LogP contribution < -0.4 is 25.7 Å². The Bertz CT molecular complexity index is 2140. The van der Waals surface area contributed by atoms with E-state index in [0.29, 0.717) is 17.9 Å². The number of hydrogen-bond acceptors (Lipinski definition) is 5. The highest BCUT2D eigenvalue weighted by Crippen LogP contribution is 2.46. The van der Waals surface area contributed by atoms with E-state index in [4.69, 9.17) is 9.47 Å². The monoisotopic (exact) mass is 709 g/mol. The number of rotatable bonds is 14. The number of methoxy groups -OCH3 is 1. The van der Waals surface area contributed by atoms with Crippen molar-refractivity contribution in [3.63, 3.8) is 0 Å². The van der Waals surface area contributed by atoms with Crippen molar-refractivity contribution in [1.29, 1.82) is 0 Å². The Morgan fingerprint density at radius 3 is 2.12 bits per heavy atom. The molecule has 1 atom stereocenters. The zero-order chi connectivity index (χ0) is 36.7. The van der Waals surface area contributed by atoms with Gasteiger partial charge in [-0.05, 0) is 94.8 Å². The van der Waals surface area contributed by atoms with Gasteiger partial charge in [0, 0.05) is 28.4 Å². The van der Waals surface area contributed by atoms with Gasteiger partial charge in [-0.1, -0.05) is 113 Å². The maximum absolute atomic E-state index is 12.6. The van der Waals surface area contributed by atoms with Crippen molar-refractivity contribution in [3.8, 4) is 22.6 Å². The van der Waals surface area contributed by atoms with Gasteiger partial charge in [0.2, 0.25) is 5.56 Å². The third-order valence-corrected chi connectivity index (χ3v) is 16.9. The molecule has 0 saturated heterocycles. The Labute approximate surface area is 309 Å². The van der Waals surface area contributed by atoms with Crippen LogP contribution in [0, 0.1) is 0 Å². The molecule has 0 aliphatic heterocycles. The molecule has 3 N–H and O–H groups in total. The number of fused-ring (bicyclic) bond motifs is 1. The summed E-state index contributed by atoms with van der Waals surface area (Å²) in [4.78, 5) is 15.7. The zero-order valence-electron chi connectivity index (χ0n) is 31.3. The molecule has 7 heteroatoms. The topological polar surface area (TPSA) is 75.4 Å². The minimum atomic E-state index is -1.91. The molecule has 0 spiro atoms. The number of aromatic amines is 1. The Balaban J connectivity index is 1.15. The lowest BCUT2D eigenvalue weighted by molar-refractivity contribution is 0.309.